The van der Waals surface area contributed by atoms with Crippen LogP contribution in [0.2, 0.25) is 0 Å². The van der Waals surface area contributed by atoms with E-state index >= 15 is 0 Å². The molecule has 1 fully saturated rings. The zero-order valence-corrected chi connectivity index (χ0v) is 15.3. The minimum atomic E-state index is 0.0256. The average molecular weight is 353 g/mol. The molecule has 1 N–H and O–H groups in total. The van der Waals surface area contributed by atoms with E-state index in [2.05, 4.69) is 44.3 Å². The van der Waals surface area contributed by atoms with Crippen molar-refractivity contribution in [3.8, 4) is 0 Å². The third-order valence-electron chi connectivity index (χ3n) is 4.83. The van der Waals surface area contributed by atoms with Gasteiger partial charge in [-0.25, -0.2) is 4.98 Å². The van der Waals surface area contributed by atoms with Crippen molar-refractivity contribution in [3.63, 3.8) is 0 Å². The summed E-state index contributed by atoms with van der Waals surface area (Å²) in [5, 5.41) is 3.10. The van der Waals surface area contributed by atoms with Crippen molar-refractivity contribution in [1.82, 2.24) is 15.3 Å². The normalized spacial score (nSPS) is 17.0. The first-order valence-electron chi connectivity index (χ1n) is 9.29. The van der Waals surface area contributed by atoms with Gasteiger partial charge in [0.05, 0.1) is 12.1 Å². The Hall–Kier alpha value is -2.63. The molecule has 1 aromatic carbocycles. The Morgan fingerprint density at radius 3 is 2.92 bits per heavy atom. The number of nitrogens with one attached hydrogen (secondary N) is 1. The fraction of sp³-hybridized carbons (Fsp3) is 0.450. The molecule has 0 aliphatic carbocycles. The number of hydrogen-bond acceptors (Lipinski definition) is 5. The highest BCUT2D eigenvalue weighted by molar-refractivity contribution is 5.79. The number of piperidine rings is 1. The van der Waals surface area contributed by atoms with Crippen molar-refractivity contribution in [3.05, 3.63) is 48.9 Å². The lowest BCUT2D eigenvalue weighted by atomic mass is 9.97. The van der Waals surface area contributed by atoms with E-state index in [9.17, 15) is 4.79 Å². The van der Waals surface area contributed by atoms with E-state index in [0.717, 1.165) is 38.2 Å². The summed E-state index contributed by atoms with van der Waals surface area (Å²) in [6.45, 7) is 3.27. The first kappa shape index (κ1) is 18.2. The number of hydrogen-bond donors (Lipinski definition) is 1. The maximum atomic E-state index is 12.5. The third kappa shape index (κ3) is 4.94. The number of amides is 1. The molecule has 0 spiro atoms. The number of anilines is 2. The molecular weight excluding hydrogens is 326 g/mol. The minimum Gasteiger partial charge on any atom is -0.375 e. The van der Waals surface area contributed by atoms with E-state index in [1.54, 1.807) is 18.6 Å². The fourth-order valence-corrected chi connectivity index (χ4v) is 3.34. The number of rotatable bonds is 7. The van der Waals surface area contributed by atoms with Crippen molar-refractivity contribution in [2.24, 2.45) is 5.92 Å². The number of nitrogens with zero attached hydrogens (tertiary/aromatic N) is 4. The van der Waals surface area contributed by atoms with Crippen LogP contribution in [-0.4, -0.2) is 49.1 Å². The molecule has 1 saturated heterocycles. The molecule has 1 atom stereocenters. The van der Waals surface area contributed by atoms with E-state index in [1.807, 2.05) is 18.2 Å². The smallest absolute Gasteiger partial charge is 0.224 e. The molecule has 0 saturated carbocycles. The Morgan fingerprint density at radius 2 is 2.15 bits per heavy atom. The summed E-state index contributed by atoms with van der Waals surface area (Å²) in [5.41, 5.74) is 1.20. The summed E-state index contributed by atoms with van der Waals surface area (Å²) in [7, 11) is 2.08. The number of carbonyl (C=O) groups is 1. The molecule has 1 aliphatic heterocycles. The number of carbonyl (C=O) groups excluding carboxylic acids is 1. The summed E-state index contributed by atoms with van der Waals surface area (Å²) in [5.74, 6) is 1.04. The van der Waals surface area contributed by atoms with Crippen LogP contribution < -0.4 is 15.1 Å². The highest BCUT2D eigenvalue weighted by atomic mass is 16.1. The van der Waals surface area contributed by atoms with E-state index in [0.29, 0.717) is 13.1 Å². The largest absolute Gasteiger partial charge is 0.375 e. The highest BCUT2D eigenvalue weighted by Gasteiger charge is 2.26. The second kappa shape index (κ2) is 9.17. The Morgan fingerprint density at radius 1 is 1.31 bits per heavy atom. The summed E-state index contributed by atoms with van der Waals surface area (Å²) in [4.78, 5) is 25.3. The molecule has 6 nitrogen and oxygen atoms in total. The molecule has 0 bridgehead atoms. The van der Waals surface area contributed by atoms with Crippen LogP contribution in [0.25, 0.3) is 0 Å². The van der Waals surface area contributed by atoms with Gasteiger partial charge in [0.2, 0.25) is 5.91 Å². The van der Waals surface area contributed by atoms with Crippen LogP contribution in [0.3, 0.4) is 0 Å². The summed E-state index contributed by atoms with van der Waals surface area (Å²) in [6.07, 6.45) is 8.00. The molecule has 2 aromatic rings. The van der Waals surface area contributed by atoms with Crippen molar-refractivity contribution < 1.29 is 4.79 Å². The summed E-state index contributed by atoms with van der Waals surface area (Å²) < 4.78 is 0. The van der Waals surface area contributed by atoms with Gasteiger partial charge in [0.1, 0.15) is 5.82 Å². The molecule has 1 aliphatic rings. The van der Waals surface area contributed by atoms with Crippen LogP contribution in [0.15, 0.2) is 48.9 Å². The van der Waals surface area contributed by atoms with Gasteiger partial charge in [-0.3, -0.25) is 9.78 Å². The molecule has 6 heteroatoms. The number of aromatic nitrogens is 2. The molecular formula is C20H27N5O. The Labute approximate surface area is 155 Å². The van der Waals surface area contributed by atoms with E-state index in [4.69, 9.17) is 0 Å². The van der Waals surface area contributed by atoms with Crippen molar-refractivity contribution in [1.29, 1.82) is 0 Å². The highest BCUT2D eigenvalue weighted by Crippen LogP contribution is 2.21. The zero-order valence-electron chi connectivity index (χ0n) is 15.3. The summed E-state index contributed by atoms with van der Waals surface area (Å²) >= 11 is 0. The first-order valence-corrected chi connectivity index (χ1v) is 9.29. The van der Waals surface area contributed by atoms with Gasteiger partial charge in [-0.1, -0.05) is 18.2 Å². The second-order valence-corrected chi connectivity index (χ2v) is 6.75. The van der Waals surface area contributed by atoms with Gasteiger partial charge < -0.3 is 15.1 Å². The van der Waals surface area contributed by atoms with Gasteiger partial charge in [0.25, 0.3) is 0 Å². The molecule has 1 unspecified atom stereocenters. The Balaban J connectivity index is 1.40. The predicted octanol–water partition coefficient (Wildman–Crippen LogP) is 2.34. The van der Waals surface area contributed by atoms with Crippen molar-refractivity contribution in [2.75, 3.05) is 43.0 Å². The van der Waals surface area contributed by atoms with Gasteiger partial charge >= 0.3 is 0 Å². The van der Waals surface area contributed by atoms with Crippen LogP contribution in [0.5, 0.6) is 0 Å². The minimum absolute atomic E-state index is 0.0256. The maximum absolute atomic E-state index is 12.5. The van der Waals surface area contributed by atoms with Gasteiger partial charge in [0, 0.05) is 51.3 Å². The topological polar surface area (TPSA) is 61.4 Å². The lowest BCUT2D eigenvalue weighted by Crippen LogP contribution is -2.43. The number of para-hydroxylation sites is 1. The quantitative estimate of drug-likeness (QED) is 0.774. The van der Waals surface area contributed by atoms with E-state index in [1.165, 1.54) is 5.69 Å². The van der Waals surface area contributed by atoms with Crippen LogP contribution >= 0.6 is 0 Å². The molecule has 138 valence electrons. The van der Waals surface area contributed by atoms with Crippen LogP contribution in [0.1, 0.15) is 19.3 Å². The summed E-state index contributed by atoms with van der Waals surface area (Å²) in [6, 6.07) is 10.3. The van der Waals surface area contributed by atoms with Crippen molar-refractivity contribution >= 4 is 17.4 Å². The zero-order chi connectivity index (χ0) is 18.2. The van der Waals surface area contributed by atoms with E-state index in [-0.39, 0.29) is 11.8 Å². The van der Waals surface area contributed by atoms with Gasteiger partial charge in [-0.05, 0) is 31.4 Å². The standard InChI is InChI=1S/C20H27N5O/c1-24(18-8-3-2-4-9-18)13-6-10-23-20(26)17-7-5-14-25(16-17)19-15-21-11-12-22-19/h2-4,8-9,11-12,15,17H,5-7,10,13-14,16H2,1H3,(H,23,26). The first-order chi connectivity index (χ1) is 12.7. The lowest BCUT2D eigenvalue weighted by molar-refractivity contribution is -0.125. The molecule has 1 aromatic heterocycles. The number of benzene rings is 1. The second-order valence-electron chi connectivity index (χ2n) is 6.75. The lowest BCUT2D eigenvalue weighted by Gasteiger charge is -2.32. The molecule has 0 radical (unpaired) electrons. The molecule has 26 heavy (non-hydrogen) atoms. The van der Waals surface area contributed by atoms with Crippen LogP contribution in [0.4, 0.5) is 11.5 Å². The maximum Gasteiger partial charge on any atom is 0.224 e. The molecule has 1 amide bonds. The van der Waals surface area contributed by atoms with Crippen molar-refractivity contribution in [2.45, 2.75) is 19.3 Å². The van der Waals surface area contributed by atoms with Gasteiger partial charge in [-0.15, -0.1) is 0 Å². The Kier molecular flexibility index (Phi) is 6.41. The average Bonchev–Trinajstić information content (AvgIpc) is 2.72. The third-order valence-corrected chi connectivity index (χ3v) is 4.83. The monoisotopic (exact) mass is 353 g/mol. The van der Waals surface area contributed by atoms with Gasteiger partial charge in [-0.2, -0.15) is 0 Å². The van der Waals surface area contributed by atoms with E-state index < -0.39 is 0 Å². The molecule has 3 rings (SSSR count). The predicted molar refractivity (Wildman–Crippen MR) is 104 cm³/mol. The van der Waals surface area contributed by atoms with Gasteiger partial charge in [0.15, 0.2) is 0 Å². The molecule has 2 heterocycles. The fourth-order valence-electron chi connectivity index (χ4n) is 3.34. The Bertz CT molecular complexity index is 679. The van der Waals surface area contributed by atoms with Crippen LogP contribution in [-0.2, 0) is 4.79 Å². The SMILES string of the molecule is CN(CCCNC(=O)C1CCCN(c2cnccn2)C1)c1ccccc1. The van der Waals surface area contributed by atoms with Crippen LogP contribution in [0, 0.1) is 5.92 Å².